The van der Waals surface area contributed by atoms with Crippen LogP contribution in [0, 0.1) is 6.92 Å². The first-order chi connectivity index (χ1) is 8.99. The van der Waals surface area contributed by atoms with Crippen LogP contribution in [0.25, 0.3) is 0 Å². The first-order valence-electron chi connectivity index (χ1n) is 6.05. The van der Waals surface area contributed by atoms with Gasteiger partial charge in [0.05, 0.1) is 12.2 Å². The Labute approximate surface area is 120 Å². The summed E-state index contributed by atoms with van der Waals surface area (Å²) >= 11 is 2.92. The number of nitrogens with two attached hydrogens (primary N) is 1. The molecule has 4 nitrogen and oxygen atoms in total. The molecule has 0 saturated carbocycles. The molecule has 1 amide bonds. The van der Waals surface area contributed by atoms with Crippen LogP contribution in [0.4, 0.5) is 5.13 Å². The number of anilines is 1. The van der Waals surface area contributed by atoms with E-state index in [4.69, 9.17) is 5.73 Å². The van der Waals surface area contributed by atoms with E-state index in [9.17, 15) is 4.79 Å². The molecule has 2 heterocycles. The van der Waals surface area contributed by atoms with E-state index in [2.05, 4.69) is 4.98 Å². The average Bonchev–Trinajstić information content (AvgIpc) is 2.94. The van der Waals surface area contributed by atoms with Crippen molar-refractivity contribution in [1.29, 1.82) is 0 Å². The van der Waals surface area contributed by atoms with Crippen LogP contribution < -0.4 is 5.73 Å². The summed E-state index contributed by atoms with van der Waals surface area (Å²) in [6.45, 7) is 6.49. The number of rotatable bonds is 4. The number of hydrogen-bond donors (Lipinski definition) is 1. The predicted molar refractivity (Wildman–Crippen MR) is 80.6 cm³/mol. The van der Waals surface area contributed by atoms with Crippen molar-refractivity contribution in [3.05, 3.63) is 33.0 Å². The van der Waals surface area contributed by atoms with Gasteiger partial charge in [-0.2, -0.15) is 0 Å². The summed E-state index contributed by atoms with van der Waals surface area (Å²) in [4.78, 5) is 20.4. The van der Waals surface area contributed by atoms with Crippen molar-refractivity contribution in [3.63, 3.8) is 0 Å². The lowest BCUT2D eigenvalue weighted by Gasteiger charge is -2.25. The van der Waals surface area contributed by atoms with E-state index in [0.29, 0.717) is 22.2 Å². The molecule has 0 aliphatic carbocycles. The van der Waals surface area contributed by atoms with Crippen LogP contribution in [0.3, 0.4) is 0 Å². The van der Waals surface area contributed by atoms with Crippen LogP contribution in [0.5, 0.6) is 0 Å². The Hall–Kier alpha value is -1.40. The Kier molecular flexibility index (Phi) is 4.21. The third-order valence-corrected chi connectivity index (χ3v) is 4.63. The molecule has 2 aromatic heterocycles. The van der Waals surface area contributed by atoms with Gasteiger partial charge >= 0.3 is 0 Å². The highest BCUT2D eigenvalue weighted by molar-refractivity contribution is 7.17. The molecule has 0 aliphatic rings. The summed E-state index contributed by atoms with van der Waals surface area (Å²) in [5.74, 6) is 0.00935. The van der Waals surface area contributed by atoms with Gasteiger partial charge < -0.3 is 10.6 Å². The molecule has 0 saturated heterocycles. The van der Waals surface area contributed by atoms with Gasteiger partial charge in [-0.05, 0) is 32.2 Å². The number of hydrogen-bond acceptors (Lipinski definition) is 5. The van der Waals surface area contributed by atoms with Crippen molar-refractivity contribution in [2.75, 3.05) is 5.73 Å². The number of thiophene rings is 1. The lowest BCUT2D eigenvalue weighted by Crippen LogP contribution is -2.36. The number of nitrogen functional groups attached to an aromatic ring is 1. The molecule has 2 N–H and O–H groups in total. The Morgan fingerprint density at radius 1 is 1.53 bits per heavy atom. The SMILES string of the molecule is Cc1nc(N)sc1C(=O)N(Cc1cccs1)C(C)C. The third kappa shape index (κ3) is 3.13. The molecule has 0 aliphatic heterocycles. The largest absolute Gasteiger partial charge is 0.375 e. The number of carbonyl (C=O) groups is 1. The normalized spacial score (nSPS) is 10.9. The quantitative estimate of drug-likeness (QED) is 0.942. The van der Waals surface area contributed by atoms with Crippen LogP contribution >= 0.6 is 22.7 Å². The maximum Gasteiger partial charge on any atom is 0.266 e. The smallest absolute Gasteiger partial charge is 0.266 e. The maximum absolute atomic E-state index is 12.6. The van der Waals surface area contributed by atoms with Crippen LogP contribution in [-0.4, -0.2) is 21.8 Å². The van der Waals surface area contributed by atoms with E-state index in [0.717, 1.165) is 0 Å². The fourth-order valence-electron chi connectivity index (χ4n) is 1.81. The molecule has 19 heavy (non-hydrogen) atoms. The second-order valence-corrected chi connectivity index (χ2v) is 6.64. The third-order valence-electron chi connectivity index (χ3n) is 2.80. The summed E-state index contributed by atoms with van der Waals surface area (Å²) in [6, 6.07) is 4.18. The highest BCUT2D eigenvalue weighted by Crippen LogP contribution is 2.24. The van der Waals surface area contributed by atoms with Crippen molar-refractivity contribution in [2.45, 2.75) is 33.4 Å². The lowest BCUT2D eigenvalue weighted by molar-refractivity contribution is 0.0696. The summed E-state index contributed by atoms with van der Waals surface area (Å²) in [6.07, 6.45) is 0. The van der Waals surface area contributed by atoms with Gasteiger partial charge in [-0.25, -0.2) is 4.98 Å². The Morgan fingerprint density at radius 2 is 2.26 bits per heavy atom. The van der Waals surface area contributed by atoms with Crippen molar-refractivity contribution in [1.82, 2.24) is 9.88 Å². The number of amides is 1. The summed E-state index contributed by atoms with van der Waals surface area (Å²) in [5.41, 5.74) is 6.38. The van der Waals surface area contributed by atoms with E-state index in [1.807, 2.05) is 43.2 Å². The maximum atomic E-state index is 12.6. The second-order valence-electron chi connectivity index (χ2n) is 4.57. The van der Waals surface area contributed by atoms with Crippen molar-refractivity contribution >= 4 is 33.7 Å². The highest BCUT2D eigenvalue weighted by atomic mass is 32.1. The van der Waals surface area contributed by atoms with Gasteiger partial charge in [-0.3, -0.25) is 4.79 Å². The molecule has 6 heteroatoms. The number of aromatic nitrogens is 1. The fourth-order valence-corrected chi connectivity index (χ4v) is 3.30. The Balaban J connectivity index is 2.24. The molecule has 2 rings (SSSR count). The molecular formula is C13H17N3OS2. The van der Waals surface area contributed by atoms with Gasteiger partial charge in [-0.1, -0.05) is 17.4 Å². The van der Waals surface area contributed by atoms with Gasteiger partial charge in [0.25, 0.3) is 5.91 Å². The van der Waals surface area contributed by atoms with E-state index >= 15 is 0 Å². The van der Waals surface area contributed by atoms with E-state index in [1.54, 1.807) is 11.3 Å². The second kappa shape index (κ2) is 5.71. The molecule has 0 unspecified atom stereocenters. The summed E-state index contributed by atoms with van der Waals surface area (Å²) in [5, 5.41) is 2.47. The van der Waals surface area contributed by atoms with E-state index in [1.165, 1.54) is 16.2 Å². The number of aryl methyl sites for hydroxylation is 1. The van der Waals surface area contributed by atoms with E-state index in [-0.39, 0.29) is 11.9 Å². The zero-order valence-electron chi connectivity index (χ0n) is 11.2. The van der Waals surface area contributed by atoms with Gasteiger partial charge in [0.2, 0.25) is 0 Å². The lowest BCUT2D eigenvalue weighted by atomic mass is 10.2. The minimum absolute atomic E-state index is 0.00935. The average molecular weight is 295 g/mol. The summed E-state index contributed by atoms with van der Waals surface area (Å²) in [7, 11) is 0. The van der Waals surface area contributed by atoms with Crippen molar-refractivity contribution in [3.8, 4) is 0 Å². The Morgan fingerprint density at radius 3 is 2.74 bits per heavy atom. The molecule has 0 fully saturated rings. The summed E-state index contributed by atoms with van der Waals surface area (Å²) < 4.78 is 0. The number of carbonyl (C=O) groups excluding carboxylic acids is 1. The monoisotopic (exact) mass is 295 g/mol. The van der Waals surface area contributed by atoms with Crippen molar-refractivity contribution < 1.29 is 4.79 Å². The van der Waals surface area contributed by atoms with Crippen LogP contribution in [0.2, 0.25) is 0 Å². The zero-order chi connectivity index (χ0) is 14.0. The number of thiazole rings is 1. The Bertz CT molecular complexity index is 560. The first-order valence-corrected chi connectivity index (χ1v) is 7.75. The van der Waals surface area contributed by atoms with Gasteiger partial charge in [0.15, 0.2) is 5.13 Å². The molecule has 0 spiro atoms. The fraction of sp³-hybridized carbons (Fsp3) is 0.385. The van der Waals surface area contributed by atoms with Crippen LogP contribution in [-0.2, 0) is 6.54 Å². The molecule has 0 bridgehead atoms. The molecule has 0 radical (unpaired) electrons. The molecule has 0 aromatic carbocycles. The highest BCUT2D eigenvalue weighted by Gasteiger charge is 2.23. The van der Waals surface area contributed by atoms with Gasteiger partial charge in [0, 0.05) is 10.9 Å². The number of nitrogens with zero attached hydrogens (tertiary/aromatic N) is 2. The van der Waals surface area contributed by atoms with Crippen LogP contribution in [0.1, 0.15) is 34.1 Å². The topological polar surface area (TPSA) is 59.2 Å². The minimum atomic E-state index is 0.00935. The predicted octanol–water partition coefficient (Wildman–Crippen LogP) is 3.15. The van der Waals surface area contributed by atoms with E-state index < -0.39 is 0 Å². The molecular weight excluding hydrogens is 278 g/mol. The molecule has 2 aromatic rings. The zero-order valence-corrected chi connectivity index (χ0v) is 12.8. The molecule has 0 atom stereocenters. The van der Waals surface area contributed by atoms with Gasteiger partial charge in [-0.15, -0.1) is 11.3 Å². The molecule has 102 valence electrons. The standard InChI is InChI=1S/C13H17N3OS2/c1-8(2)16(7-10-5-4-6-18-10)12(17)11-9(3)15-13(14)19-11/h4-6,8H,7H2,1-3H3,(H2,14,15). The van der Waals surface area contributed by atoms with Crippen molar-refractivity contribution in [2.24, 2.45) is 0 Å². The first kappa shape index (κ1) is 14.0. The van der Waals surface area contributed by atoms with Gasteiger partial charge in [0.1, 0.15) is 4.88 Å². The van der Waals surface area contributed by atoms with Crippen LogP contribution in [0.15, 0.2) is 17.5 Å². The minimum Gasteiger partial charge on any atom is -0.375 e.